The fourth-order valence-corrected chi connectivity index (χ4v) is 1.55. The van der Waals surface area contributed by atoms with Crippen LogP contribution in [0.15, 0.2) is 18.2 Å². The topological polar surface area (TPSA) is 50.1 Å². The van der Waals surface area contributed by atoms with E-state index in [0.29, 0.717) is 17.5 Å². The van der Waals surface area contributed by atoms with Gasteiger partial charge in [0.05, 0.1) is 12.5 Å². The van der Waals surface area contributed by atoms with E-state index in [9.17, 15) is 13.6 Å². The van der Waals surface area contributed by atoms with Crippen molar-refractivity contribution in [2.24, 2.45) is 0 Å². The SMILES string of the molecule is N#CCc1c(CCC=O)cccc1OC(F)F. The molecule has 0 aliphatic rings. The Hall–Kier alpha value is -1.96. The molecule has 1 rings (SSSR count). The van der Waals surface area contributed by atoms with Gasteiger partial charge in [-0.2, -0.15) is 14.0 Å². The first kappa shape index (κ1) is 13.1. The van der Waals surface area contributed by atoms with Crippen LogP contribution in [0.4, 0.5) is 8.78 Å². The van der Waals surface area contributed by atoms with Crippen LogP contribution in [0.2, 0.25) is 0 Å². The molecule has 0 heterocycles. The molecular formula is C12H11F2NO2. The van der Waals surface area contributed by atoms with Crippen molar-refractivity contribution in [1.29, 1.82) is 5.26 Å². The second-order valence-electron chi connectivity index (χ2n) is 3.31. The molecule has 0 aliphatic heterocycles. The van der Waals surface area contributed by atoms with Crippen LogP contribution < -0.4 is 4.74 Å². The van der Waals surface area contributed by atoms with Crippen molar-refractivity contribution in [3.63, 3.8) is 0 Å². The van der Waals surface area contributed by atoms with Crippen LogP contribution in [0, 0.1) is 11.3 Å². The van der Waals surface area contributed by atoms with E-state index in [2.05, 4.69) is 4.74 Å². The molecule has 0 fully saturated rings. The van der Waals surface area contributed by atoms with Crippen molar-refractivity contribution < 1.29 is 18.3 Å². The zero-order valence-electron chi connectivity index (χ0n) is 9.03. The number of nitrogens with zero attached hydrogens (tertiary/aromatic N) is 1. The van der Waals surface area contributed by atoms with E-state index in [1.807, 2.05) is 6.07 Å². The maximum Gasteiger partial charge on any atom is 0.387 e. The van der Waals surface area contributed by atoms with Crippen molar-refractivity contribution in [3.05, 3.63) is 29.3 Å². The fourth-order valence-electron chi connectivity index (χ4n) is 1.55. The second kappa shape index (κ2) is 6.59. The number of alkyl halides is 2. The van der Waals surface area contributed by atoms with Crippen LogP contribution in [0.25, 0.3) is 0 Å². The van der Waals surface area contributed by atoms with Gasteiger partial charge in [-0.3, -0.25) is 0 Å². The quantitative estimate of drug-likeness (QED) is 0.716. The average Bonchev–Trinajstić information content (AvgIpc) is 2.29. The molecule has 0 saturated heterocycles. The minimum Gasteiger partial charge on any atom is -0.434 e. The number of carbonyl (C=O) groups excluding carboxylic acids is 1. The average molecular weight is 239 g/mol. The van der Waals surface area contributed by atoms with E-state index in [-0.39, 0.29) is 18.6 Å². The Morgan fingerprint density at radius 2 is 2.24 bits per heavy atom. The molecular weight excluding hydrogens is 228 g/mol. The van der Waals surface area contributed by atoms with Crippen molar-refractivity contribution in [2.45, 2.75) is 25.9 Å². The monoisotopic (exact) mass is 239 g/mol. The molecule has 1 aromatic carbocycles. The van der Waals surface area contributed by atoms with Gasteiger partial charge in [-0.1, -0.05) is 12.1 Å². The maximum atomic E-state index is 12.2. The number of nitriles is 1. The molecule has 0 aromatic heterocycles. The van der Waals surface area contributed by atoms with Gasteiger partial charge in [-0.25, -0.2) is 0 Å². The summed E-state index contributed by atoms with van der Waals surface area (Å²) >= 11 is 0. The number of aldehydes is 1. The third-order valence-corrected chi connectivity index (χ3v) is 2.23. The highest BCUT2D eigenvalue weighted by molar-refractivity contribution is 5.51. The lowest BCUT2D eigenvalue weighted by Gasteiger charge is -2.12. The van der Waals surface area contributed by atoms with Crippen LogP contribution in [-0.2, 0) is 17.6 Å². The number of aryl methyl sites for hydroxylation is 1. The molecule has 0 bridgehead atoms. The summed E-state index contributed by atoms with van der Waals surface area (Å²) in [5.74, 6) is 0.00458. The summed E-state index contributed by atoms with van der Waals surface area (Å²) in [7, 11) is 0. The van der Waals surface area contributed by atoms with Gasteiger partial charge >= 0.3 is 6.61 Å². The number of halogens is 2. The lowest BCUT2D eigenvalue weighted by atomic mass is 10.00. The van der Waals surface area contributed by atoms with Gasteiger partial charge in [0.15, 0.2) is 0 Å². The summed E-state index contributed by atoms with van der Waals surface area (Å²) in [6, 6.07) is 6.56. The van der Waals surface area contributed by atoms with Crippen LogP contribution in [-0.4, -0.2) is 12.9 Å². The molecule has 90 valence electrons. The van der Waals surface area contributed by atoms with Gasteiger partial charge in [-0.05, 0) is 18.1 Å². The standard InChI is InChI=1S/C12H11F2NO2/c13-12(14)17-11-5-1-3-9(4-2-8-16)10(11)6-7-15/h1,3,5,8,12H,2,4,6H2. The smallest absolute Gasteiger partial charge is 0.387 e. The number of hydrogen-bond acceptors (Lipinski definition) is 3. The minimum atomic E-state index is -2.92. The van der Waals surface area contributed by atoms with E-state index in [4.69, 9.17) is 5.26 Å². The summed E-state index contributed by atoms with van der Waals surface area (Å²) in [4.78, 5) is 10.3. The summed E-state index contributed by atoms with van der Waals surface area (Å²) in [6.45, 7) is -2.92. The highest BCUT2D eigenvalue weighted by Crippen LogP contribution is 2.25. The number of rotatable bonds is 6. The van der Waals surface area contributed by atoms with Crippen molar-refractivity contribution >= 4 is 6.29 Å². The van der Waals surface area contributed by atoms with E-state index in [1.165, 1.54) is 6.07 Å². The number of ether oxygens (including phenoxy) is 1. The summed E-state index contributed by atoms with van der Waals surface area (Å²) in [5.41, 5.74) is 1.12. The number of carbonyl (C=O) groups is 1. The molecule has 0 radical (unpaired) electrons. The first-order chi connectivity index (χ1) is 8.19. The highest BCUT2D eigenvalue weighted by Gasteiger charge is 2.12. The molecule has 0 unspecified atom stereocenters. The molecule has 0 N–H and O–H groups in total. The Balaban J connectivity index is 3.03. The lowest BCUT2D eigenvalue weighted by Crippen LogP contribution is -2.06. The van der Waals surface area contributed by atoms with Crippen LogP contribution in [0.3, 0.4) is 0 Å². The van der Waals surface area contributed by atoms with E-state index >= 15 is 0 Å². The molecule has 0 spiro atoms. The Labute approximate surface area is 97.6 Å². The van der Waals surface area contributed by atoms with Gasteiger partial charge in [0.2, 0.25) is 0 Å². The first-order valence-electron chi connectivity index (χ1n) is 5.05. The van der Waals surface area contributed by atoms with Gasteiger partial charge in [0.1, 0.15) is 12.0 Å². The lowest BCUT2D eigenvalue weighted by molar-refractivity contribution is -0.107. The Morgan fingerprint density at radius 1 is 1.47 bits per heavy atom. The Bertz CT molecular complexity index is 427. The summed E-state index contributed by atoms with van der Waals surface area (Å²) in [6.07, 6.45) is 1.44. The molecule has 0 aliphatic carbocycles. The van der Waals surface area contributed by atoms with Gasteiger partial charge < -0.3 is 9.53 Å². The minimum absolute atomic E-state index is 0.00458. The predicted molar refractivity (Wildman–Crippen MR) is 56.8 cm³/mol. The van der Waals surface area contributed by atoms with E-state index in [0.717, 1.165) is 6.29 Å². The van der Waals surface area contributed by atoms with E-state index < -0.39 is 6.61 Å². The highest BCUT2D eigenvalue weighted by atomic mass is 19.3. The molecule has 0 atom stereocenters. The zero-order chi connectivity index (χ0) is 12.7. The van der Waals surface area contributed by atoms with Crippen LogP contribution in [0.1, 0.15) is 17.5 Å². The van der Waals surface area contributed by atoms with Gasteiger partial charge in [0.25, 0.3) is 0 Å². The van der Waals surface area contributed by atoms with Gasteiger partial charge in [0, 0.05) is 12.0 Å². The molecule has 3 nitrogen and oxygen atoms in total. The third-order valence-electron chi connectivity index (χ3n) is 2.23. The molecule has 1 aromatic rings. The number of benzene rings is 1. The normalized spacial score (nSPS) is 10.0. The fraction of sp³-hybridized carbons (Fsp3) is 0.333. The van der Waals surface area contributed by atoms with Gasteiger partial charge in [-0.15, -0.1) is 0 Å². The zero-order valence-corrected chi connectivity index (χ0v) is 9.03. The molecule has 0 amide bonds. The van der Waals surface area contributed by atoms with Crippen molar-refractivity contribution in [2.75, 3.05) is 0 Å². The number of hydrogen-bond donors (Lipinski definition) is 0. The molecule has 0 saturated carbocycles. The maximum absolute atomic E-state index is 12.2. The van der Waals surface area contributed by atoms with Crippen molar-refractivity contribution in [1.82, 2.24) is 0 Å². The first-order valence-corrected chi connectivity index (χ1v) is 5.05. The third kappa shape index (κ3) is 3.83. The molecule has 17 heavy (non-hydrogen) atoms. The second-order valence-corrected chi connectivity index (χ2v) is 3.31. The summed E-state index contributed by atoms with van der Waals surface area (Å²) < 4.78 is 28.7. The van der Waals surface area contributed by atoms with E-state index in [1.54, 1.807) is 12.1 Å². The molecule has 5 heteroatoms. The predicted octanol–water partition coefficient (Wildman–Crippen LogP) is 2.49. The summed E-state index contributed by atoms with van der Waals surface area (Å²) in [5, 5.41) is 8.67. The van der Waals surface area contributed by atoms with Crippen LogP contribution >= 0.6 is 0 Å². The Morgan fingerprint density at radius 3 is 2.82 bits per heavy atom. The van der Waals surface area contributed by atoms with Crippen LogP contribution in [0.5, 0.6) is 5.75 Å². The largest absolute Gasteiger partial charge is 0.434 e. The van der Waals surface area contributed by atoms with Crippen molar-refractivity contribution in [3.8, 4) is 11.8 Å². The Kier molecular flexibility index (Phi) is 5.08.